The standard InChI is InChI=1S/C17H13NO3/c1-9(19)12-8-15-13(17(21)16(12)10(2)20)7-11-5-3-4-6-14(11)18-15/h3-8,21H,1-2H3. The summed E-state index contributed by atoms with van der Waals surface area (Å²) in [6.07, 6.45) is 0. The summed E-state index contributed by atoms with van der Waals surface area (Å²) in [6, 6.07) is 10.8. The van der Waals surface area contributed by atoms with Gasteiger partial charge < -0.3 is 5.11 Å². The molecule has 4 nitrogen and oxygen atoms in total. The Morgan fingerprint density at radius 2 is 1.71 bits per heavy atom. The van der Waals surface area contributed by atoms with Gasteiger partial charge in [0.1, 0.15) is 5.75 Å². The minimum Gasteiger partial charge on any atom is -0.506 e. The lowest BCUT2D eigenvalue weighted by atomic mass is 9.96. The highest BCUT2D eigenvalue weighted by Crippen LogP contribution is 2.33. The Balaban J connectivity index is 2.50. The number of aromatic hydroxyl groups is 1. The summed E-state index contributed by atoms with van der Waals surface area (Å²) < 4.78 is 0. The number of aromatic nitrogens is 1. The number of rotatable bonds is 2. The van der Waals surface area contributed by atoms with Crippen LogP contribution in [0.25, 0.3) is 21.8 Å². The topological polar surface area (TPSA) is 67.3 Å². The number of phenolic OH excluding ortho intramolecular Hbond substituents is 1. The molecule has 0 saturated carbocycles. The van der Waals surface area contributed by atoms with Crippen LogP contribution in [-0.2, 0) is 0 Å². The zero-order chi connectivity index (χ0) is 15.1. The van der Waals surface area contributed by atoms with E-state index in [0.29, 0.717) is 10.9 Å². The van der Waals surface area contributed by atoms with Gasteiger partial charge in [-0.05, 0) is 32.0 Å². The fourth-order valence-electron chi connectivity index (χ4n) is 2.54. The van der Waals surface area contributed by atoms with Gasteiger partial charge in [0.15, 0.2) is 11.6 Å². The monoisotopic (exact) mass is 279 g/mol. The molecule has 1 N–H and O–H groups in total. The second kappa shape index (κ2) is 4.66. The van der Waals surface area contributed by atoms with Gasteiger partial charge in [0, 0.05) is 16.3 Å². The van der Waals surface area contributed by atoms with Crippen molar-refractivity contribution in [1.82, 2.24) is 4.98 Å². The molecule has 0 amide bonds. The Bertz CT molecular complexity index is 913. The van der Waals surface area contributed by atoms with Gasteiger partial charge >= 0.3 is 0 Å². The van der Waals surface area contributed by atoms with Crippen LogP contribution < -0.4 is 0 Å². The molecule has 0 saturated heterocycles. The Kier molecular flexibility index (Phi) is 2.94. The van der Waals surface area contributed by atoms with Crippen molar-refractivity contribution in [3.8, 4) is 5.75 Å². The van der Waals surface area contributed by atoms with E-state index in [1.165, 1.54) is 13.8 Å². The number of ketones is 2. The second-order valence-corrected chi connectivity index (χ2v) is 5.01. The molecule has 0 radical (unpaired) electrons. The Labute approximate surface area is 121 Å². The highest BCUT2D eigenvalue weighted by atomic mass is 16.3. The smallest absolute Gasteiger partial charge is 0.164 e. The maximum absolute atomic E-state index is 11.8. The van der Waals surface area contributed by atoms with Crippen LogP contribution in [0, 0.1) is 0 Å². The molecule has 3 aromatic rings. The molecule has 0 bridgehead atoms. The van der Waals surface area contributed by atoms with Crippen molar-refractivity contribution >= 4 is 33.4 Å². The summed E-state index contributed by atoms with van der Waals surface area (Å²) in [7, 11) is 0. The van der Waals surface area contributed by atoms with Crippen molar-refractivity contribution in [2.75, 3.05) is 0 Å². The van der Waals surface area contributed by atoms with E-state index >= 15 is 0 Å². The summed E-state index contributed by atoms with van der Waals surface area (Å²) >= 11 is 0. The van der Waals surface area contributed by atoms with Gasteiger partial charge in [0.25, 0.3) is 0 Å². The average Bonchev–Trinajstić information content (AvgIpc) is 2.44. The van der Waals surface area contributed by atoms with E-state index in [0.717, 1.165) is 10.9 Å². The van der Waals surface area contributed by atoms with Crippen molar-refractivity contribution in [3.63, 3.8) is 0 Å². The van der Waals surface area contributed by atoms with Crippen LogP contribution in [0.15, 0.2) is 36.4 Å². The van der Waals surface area contributed by atoms with Crippen LogP contribution >= 0.6 is 0 Å². The summed E-state index contributed by atoms with van der Waals surface area (Å²) in [4.78, 5) is 28.0. The minimum absolute atomic E-state index is 0.0621. The number of hydrogen-bond acceptors (Lipinski definition) is 4. The molecule has 0 aliphatic rings. The molecule has 0 spiro atoms. The van der Waals surface area contributed by atoms with Crippen molar-refractivity contribution in [2.45, 2.75) is 13.8 Å². The molecule has 21 heavy (non-hydrogen) atoms. The van der Waals surface area contributed by atoms with Crippen LogP contribution in [0.5, 0.6) is 5.75 Å². The fourth-order valence-corrected chi connectivity index (χ4v) is 2.54. The Hall–Kier alpha value is -2.75. The van der Waals surface area contributed by atoms with Crippen LogP contribution in [0.3, 0.4) is 0 Å². The SMILES string of the molecule is CC(=O)c1cc2nc3ccccc3cc2c(O)c1C(C)=O. The van der Waals surface area contributed by atoms with E-state index in [-0.39, 0.29) is 28.4 Å². The van der Waals surface area contributed by atoms with Crippen LogP contribution in [0.1, 0.15) is 34.6 Å². The highest BCUT2D eigenvalue weighted by molar-refractivity contribution is 6.14. The molecule has 1 aromatic heterocycles. The van der Waals surface area contributed by atoms with Gasteiger partial charge in [0.2, 0.25) is 0 Å². The van der Waals surface area contributed by atoms with Gasteiger partial charge in [-0.2, -0.15) is 0 Å². The van der Waals surface area contributed by atoms with Crippen molar-refractivity contribution in [3.05, 3.63) is 47.5 Å². The number of carbonyl (C=O) groups excluding carboxylic acids is 2. The lowest BCUT2D eigenvalue weighted by molar-refractivity contribution is 0.0978. The van der Waals surface area contributed by atoms with Crippen LogP contribution in [-0.4, -0.2) is 21.7 Å². The van der Waals surface area contributed by atoms with Gasteiger partial charge in [-0.15, -0.1) is 0 Å². The number of carbonyl (C=O) groups is 2. The Morgan fingerprint density at radius 3 is 2.38 bits per heavy atom. The molecule has 1 heterocycles. The molecular weight excluding hydrogens is 266 g/mol. The van der Waals surface area contributed by atoms with Gasteiger partial charge in [0.05, 0.1) is 16.6 Å². The van der Waals surface area contributed by atoms with E-state index in [1.54, 1.807) is 12.1 Å². The Morgan fingerprint density at radius 1 is 1.00 bits per heavy atom. The van der Waals surface area contributed by atoms with Crippen molar-refractivity contribution in [2.24, 2.45) is 0 Å². The number of nitrogens with zero attached hydrogens (tertiary/aromatic N) is 1. The number of para-hydroxylation sites is 1. The lowest BCUT2D eigenvalue weighted by Gasteiger charge is -2.10. The third kappa shape index (κ3) is 2.05. The third-order valence-electron chi connectivity index (χ3n) is 3.53. The van der Waals surface area contributed by atoms with Crippen LogP contribution in [0.4, 0.5) is 0 Å². The van der Waals surface area contributed by atoms with E-state index in [9.17, 15) is 14.7 Å². The zero-order valence-corrected chi connectivity index (χ0v) is 11.7. The minimum atomic E-state index is -0.340. The van der Waals surface area contributed by atoms with Crippen LogP contribution in [0.2, 0.25) is 0 Å². The molecule has 0 fully saturated rings. The predicted octanol–water partition coefficient (Wildman–Crippen LogP) is 3.50. The van der Waals surface area contributed by atoms with E-state index in [4.69, 9.17) is 0 Å². The zero-order valence-electron chi connectivity index (χ0n) is 11.7. The quantitative estimate of drug-likeness (QED) is 0.576. The maximum Gasteiger partial charge on any atom is 0.164 e. The molecule has 104 valence electrons. The fraction of sp³-hybridized carbons (Fsp3) is 0.118. The molecule has 4 heteroatoms. The molecule has 0 unspecified atom stereocenters. The van der Waals surface area contributed by atoms with Crippen molar-refractivity contribution < 1.29 is 14.7 Å². The average molecular weight is 279 g/mol. The summed E-state index contributed by atoms with van der Waals surface area (Å²) in [5.74, 6) is -0.788. The highest BCUT2D eigenvalue weighted by Gasteiger charge is 2.20. The van der Waals surface area contributed by atoms with E-state index in [1.807, 2.05) is 24.3 Å². The number of pyridine rings is 1. The first-order chi connectivity index (χ1) is 9.99. The molecular formula is C17H13NO3. The van der Waals surface area contributed by atoms with E-state index < -0.39 is 0 Å². The first kappa shape index (κ1) is 13.2. The van der Waals surface area contributed by atoms with E-state index in [2.05, 4.69) is 4.98 Å². The maximum atomic E-state index is 11.8. The summed E-state index contributed by atoms with van der Waals surface area (Å²) in [6.45, 7) is 2.70. The molecule has 3 rings (SSSR count). The van der Waals surface area contributed by atoms with Gasteiger partial charge in [-0.3, -0.25) is 9.59 Å². The number of hydrogen-bond donors (Lipinski definition) is 1. The first-order valence-corrected chi connectivity index (χ1v) is 6.56. The summed E-state index contributed by atoms with van der Waals surface area (Å²) in [5.41, 5.74) is 1.54. The lowest BCUT2D eigenvalue weighted by Crippen LogP contribution is -2.05. The number of benzene rings is 2. The predicted molar refractivity (Wildman–Crippen MR) is 80.9 cm³/mol. The van der Waals surface area contributed by atoms with Crippen molar-refractivity contribution in [1.29, 1.82) is 0 Å². The normalized spacial score (nSPS) is 11.0. The summed E-state index contributed by atoms with van der Waals surface area (Å²) in [5, 5.41) is 11.7. The molecule has 2 aromatic carbocycles. The molecule has 0 atom stereocenters. The second-order valence-electron chi connectivity index (χ2n) is 5.01. The number of Topliss-reactive ketones (excluding diaryl/α,β-unsaturated/α-hetero) is 2. The largest absolute Gasteiger partial charge is 0.506 e. The third-order valence-corrected chi connectivity index (χ3v) is 3.53. The first-order valence-electron chi connectivity index (χ1n) is 6.56. The molecule has 0 aliphatic heterocycles. The molecule has 0 aliphatic carbocycles. The number of phenols is 1. The number of fused-ring (bicyclic) bond motifs is 2. The van der Waals surface area contributed by atoms with Gasteiger partial charge in [-0.25, -0.2) is 4.98 Å². The van der Waals surface area contributed by atoms with Gasteiger partial charge in [-0.1, -0.05) is 18.2 Å².